The predicted molar refractivity (Wildman–Crippen MR) is 88.7 cm³/mol. The van der Waals surface area contributed by atoms with Gasteiger partial charge in [-0.3, -0.25) is 4.90 Å². The Kier molecular flexibility index (Phi) is 6.44. The van der Waals surface area contributed by atoms with Gasteiger partial charge in [-0.15, -0.1) is 0 Å². The van der Waals surface area contributed by atoms with Crippen LogP contribution in [0.3, 0.4) is 0 Å². The zero-order valence-electron chi connectivity index (χ0n) is 13.4. The van der Waals surface area contributed by atoms with E-state index in [1.165, 1.54) is 0 Å². The van der Waals surface area contributed by atoms with Gasteiger partial charge >= 0.3 is 5.97 Å². The second kappa shape index (κ2) is 8.34. The molecule has 0 saturated heterocycles. The topological polar surface area (TPSA) is 47.4 Å². The Hall–Kier alpha value is -1.80. The molecule has 0 unspecified atom stereocenters. The van der Waals surface area contributed by atoms with E-state index in [1.807, 2.05) is 29.2 Å². The molecule has 2 rings (SSSR count). The minimum Gasteiger partial charge on any atom is -0.462 e. The Morgan fingerprint density at radius 3 is 2.62 bits per heavy atom. The molecule has 0 N–H and O–H groups in total. The fraction of sp³-hybridized carbons (Fsp3) is 0.375. The van der Waals surface area contributed by atoms with Crippen LogP contribution in [0.25, 0.3) is 0 Å². The number of benzene rings is 1. The van der Waals surface area contributed by atoms with E-state index in [1.54, 1.807) is 14.0 Å². The SMILES string of the molecule is CCOC(=O)c1cnn(CN(C)Cc2ccc(Br)cc2)c1C(F)F. The number of hydrogen-bond acceptors (Lipinski definition) is 4. The van der Waals surface area contributed by atoms with Crippen LogP contribution < -0.4 is 0 Å². The highest BCUT2D eigenvalue weighted by atomic mass is 79.9. The van der Waals surface area contributed by atoms with Gasteiger partial charge < -0.3 is 4.74 Å². The molecule has 0 aliphatic carbocycles. The Morgan fingerprint density at radius 2 is 2.04 bits per heavy atom. The van der Waals surface area contributed by atoms with Gasteiger partial charge in [-0.1, -0.05) is 28.1 Å². The van der Waals surface area contributed by atoms with E-state index >= 15 is 0 Å². The summed E-state index contributed by atoms with van der Waals surface area (Å²) in [5.74, 6) is -0.783. The molecule has 0 amide bonds. The van der Waals surface area contributed by atoms with Crippen LogP contribution in [0.2, 0.25) is 0 Å². The first-order chi connectivity index (χ1) is 11.4. The highest BCUT2D eigenvalue weighted by Crippen LogP contribution is 2.24. The van der Waals surface area contributed by atoms with Gasteiger partial charge in [0.15, 0.2) is 0 Å². The summed E-state index contributed by atoms with van der Waals surface area (Å²) in [5.41, 5.74) is 0.428. The van der Waals surface area contributed by atoms with Crippen LogP contribution in [0.15, 0.2) is 34.9 Å². The van der Waals surface area contributed by atoms with Crippen molar-refractivity contribution in [3.63, 3.8) is 0 Å². The molecular formula is C16H18BrF2N3O2. The van der Waals surface area contributed by atoms with Crippen molar-refractivity contribution in [1.29, 1.82) is 0 Å². The maximum Gasteiger partial charge on any atom is 0.341 e. The highest BCUT2D eigenvalue weighted by molar-refractivity contribution is 9.10. The summed E-state index contributed by atoms with van der Waals surface area (Å²) in [6, 6.07) is 7.73. The monoisotopic (exact) mass is 401 g/mol. The number of carbonyl (C=O) groups excluding carboxylic acids is 1. The van der Waals surface area contributed by atoms with Gasteiger partial charge in [-0.05, 0) is 31.7 Å². The zero-order chi connectivity index (χ0) is 17.7. The molecule has 0 fully saturated rings. The maximum atomic E-state index is 13.4. The van der Waals surface area contributed by atoms with E-state index in [4.69, 9.17) is 4.74 Å². The molecule has 5 nitrogen and oxygen atoms in total. The molecule has 0 aliphatic rings. The first-order valence-electron chi connectivity index (χ1n) is 7.36. The Balaban J connectivity index is 2.13. The predicted octanol–water partition coefficient (Wildman–Crippen LogP) is 3.85. The fourth-order valence-corrected chi connectivity index (χ4v) is 2.55. The number of halogens is 3. The van der Waals surface area contributed by atoms with Crippen molar-refractivity contribution >= 4 is 21.9 Å². The molecule has 0 spiro atoms. The third-order valence-corrected chi connectivity index (χ3v) is 3.85. The van der Waals surface area contributed by atoms with E-state index in [-0.39, 0.29) is 18.8 Å². The van der Waals surface area contributed by atoms with Gasteiger partial charge in [-0.2, -0.15) is 5.10 Å². The van der Waals surface area contributed by atoms with E-state index in [9.17, 15) is 13.6 Å². The number of alkyl halides is 2. The first-order valence-corrected chi connectivity index (χ1v) is 8.15. The Bertz CT molecular complexity index is 689. The molecular weight excluding hydrogens is 384 g/mol. The summed E-state index contributed by atoms with van der Waals surface area (Å²) in [7, 11) is 1.79. The average Bonchev–Trinajstić information content (AvgIpc) is 2.93. The summed E-state index contributed by atoms with van der Waals surface area (Å²) in [5, 5.41) is 3.92. The van der Waals surface area contributed by atoms with Gasteiger partial charge in [0.2, 0.25) is 0 Å². The molecule has 1 aromatic carbocycles. The van der Waals surface area contributed by atoms with E-state index in [2.05, 4.69) is 21.0 Å². The summed E-state index contributed by atoms with van der Waals surface area (Å²) in [4.78, 5) is 13.6. The molecule has 24 heavy (non-hydrogen) atoms. The highest BCUT2D eigenvalue weighted by Gasteiger charge is 2.25. The zero-order valence-corrected chi connectivity index (χ0v) is 15.0. The molecule has 1 aromatic heterocycles. The van der Waals surface area contributed by atoms with Crippen molar-refractivity contribution in [2.24, 2.45) is 0 Å². The van der Waals surface area contributed by atoms with E-state index < -0.39 is 18.1 Å². The number of carbonyl (C=O) groups is 1. The third-order valence-electron chi connectivity index (χ3n) is 3.32. The molecule has 130 valence electrons. The number of nitrogens with zero attached hydrogens (tertiary/aromatic N) is 3. The van der Waals surface area contributed by atoms with Crippen molar-refractivity contribution in [2.75, 3.05) is 13.7 Å². The lowest BCUT2D eigenvalue weighted by molar-refractivity contribution is 0.0512. The van der Waals surface area contributed by atoms with Gasteiger partial charge in [-0.25, -0.2) is 18.3 Å². The number of rotatable bonds is 7. The molecule has 0 saturated carbocycles. The number of ether oxygens (including phenoxy) is 1. The largest absolute Gasteiger partial charge is 0.462 e. The van der Waals surface area contributed by atoms with Crippen LogP contribution in [-0.2, 0) is 18.0 Å². The lowest BCUT2D eigenvalue weighted by atomic mass is 10.2. The summed E-state index contributed by atoms with van der Waals surface area (Å²) in [6.07, 6.45) is -1.68. The minimum absolute atomic E-state index is 0.121. The summed E-state index contributed by atoms with van der Waals surface area (Å²) >= 11 is 3.37. The van der Waals surface area contributed by atoms with Gasteiger partial charge in [0, 0.05) is 11.0 Å². The van der Waals surface area contributed by atoms with Crippen LogP contribution in [0.1, 0.15) is 35.0 Å². The number of hydrogen-bond donors (Lipinski definition) is 0. The van der Waals surface area contributed by atoms with E-state index in [0.29, 0.717) is 6.54 Å². The molecule has 2 aromatic rings. The second-order valence-corrected chi connectivity index (χ2v) is 6.16. The van der Waals surface area contributed by atoms with E-state index in [0.717, 1.165) is 20.9 Å². The first kappa shape index (κ1) is 18.5. The molecule has 8 heteroatoms. The van der Waals surface area contributed by atoms with Crippen LogP contribution in [0, 0.1) is 0 Å². The second-order valence-electron chi connectivity index (χ2n) is 5.25. The number of aromatic nitrogens is 2. The number of esters is 1. The molecule has 0 bridgehead atoms. The third kappa shape index (κ3) is 4.61. The lowest BCUT2D eigenvalue weighted by Crippen LogP contribution is -2.24. The molecule has 0 radical (unpaired) electrons. The van der Waals surface area contributed by atoms with Crippen molar-refractivity contribution in [2.45, 2.75) is 26.6 Å². The smallest absolute Gasteiger partial charge is 0.341 e. The van der Waals surface area contributed by atoms with Crippen molar-refractivity contribution < 1.29 is 18.3 Å². The molecule has 0 aliphatic heterocycles. The fourth-order valence-electron chi connectivity index (χ4n) is 2.28. The Labute approximate surface area is 147 Å². The van der Waals surface area contributed by atoms with Crippen LogP contribution in [0.4, 0.5) is 8.78 Å². The maximum absolute atomic E-state index is 13.4. The van der Waals surface area contributed by atoms with Crippen LogP contribution in [0.5, 0.6) is 0 Å². The lowest BCUT2D eigenvalue weighted by Gasteiger charge is -2.18. The molecule has 0 atom stereocenters. The van der Waals surface area contributed by atoms with Crippen LogP contribution in [-0.4, -0.2) is 34.3 Å². The van der Waals surface area contributed by atoms with Crippen molar-refractivity contribution in [3.8, 4) is 0 Å². The van der Waals surface area contributed by atoms with Crippen LogP contribution >= 0.6 is 15.9 Å². The van der Waals surface area contributed by atoms with Gasteiger partial charge in [0.1, 0.15) is 11.3 Å². The van der Waals surface area contributed by atoms with Crippen molar-refractivity contribution in [1.82, 2.24) is 14.7 Å². The quantitative estimate of drug-likeness (QED) is 0.661. The summed E-state index contributed by atoms with van der Waals surface area (Å²) < 4.78 is 33.6. The van der Waals surface area contributed by atoms with Gasteiger partial charge in [0.25, 0.3) is 6.43 Å². The van der Waals surface area contributed by atoms with Gasteiger partial charge in [0.05, 0.1) is 19.5 Å². The standard InChI is InChI=1S/C16H18BrF2N3O2/c1-3-24-16(23)13-8-20-22(14(13)15(18)19)10-21(2)9-11-4-6-12(17)7-5-11/h4-8,15H,3,9-10H2,1-2H3. The molecule has 1 heterocycles. The van der Waals surface area contributed by atoms with Crippen molar-refractivity contribution in [3.05, 3.63) is 51.8 Å². The summed E-state index contributed by atoms with van der Waals surface area (Å²) in [6.45, 7) is 2.44. The normalized spacial score (nSPS) is 11.3. The minimum atomic E-state index is -2.81. The Morgan fingerprint density at radius 1 is 1.38 bits per heavy atom. The average molecular weight is 402 g/mol.